The molecule has 1 aromatic carbocycles. The predicted molar refractivity (Wildman–Crippen MR) is 106 cm³/mol. The summed E-state index contributed by atoms with van der Waals surface area (Å²) < 4.78 is 15.2. The Morgan fingerprint density at radius 1 is 1.00 bits per heavy atom. The molecule has 0 bridgehead atoms. The summed E-state index contributed by atoms with van der Waals surface area (Å²) in [6.07, 6.45) is 6.09. The highest BCUT2D eigenvalue weighted by atomic mass is 16.7. The lowest BCUT2D eigenvalue weighted by Gasteiger charge is -2.32. The quantitative estimate of drug-likeness (QED) is 0.557. The zero-order valence-electron chi connectivity index (χ0n) is 16.8. The zero-order valence-corrected chi connectivity index (χ0v) is 16.8. The molecule has 2 heterocycles. The summed E-state index contributed by atoms with van der Waals surface area (Å²) in [6, 6.07) is 8.43. The van der Waals surface area contributed by atoms with Crippen molar-refractivity contribution in [3.05, 3.63) is 30.1 Å². The summed E-state index contributed by atoms with van der Waals surface area (Å²) >= 11 is 0. The van der Waals surface area contributed by atoms with Crippen LogP contribution in [0.15, 0.2) is 24.3 Å². The van der Waals surface area contributed by atoms with E-state index in [0.29, 0.717) is 11.7 Å². The van der Waals surface area contributed by atoms with Gasteiger partial charge in [0.15, 0.2) is 0 Å². The van der Waals surface area contributed by atoms with Gasteiger partial charge in [0.2, 0.25) is 0 Å². The second kappa shape index (κ2) is 6.38. The fourth-order valence-electron chi connectivity index (χ4n) is 4.54. The summed E-state index contributed by atoms with van der Waals surface area (Å²) in [5, 5.41) is 0. The third kappa shape index (κ3) is 2.89. The maximum Gasteiger partial charge on any atom is 0.461 e. The Hall–Kier alpha value is -1.33. The molecule has 1 saturated heterocycles. The van der Waals surface area contributed by atoms with Gasteiger partial charge in [-0.15, -0.1) is 0 Å². The molecule has 0 spiro atoms. The molecule has 140 valence electrons. The van der Waals surface area contributed by atoms with Gasteiger partial charge in [0.1, 0.15) is 5.82 Å². The predicted octanol–water partition coefficient (Wildman–Crippen LogP) is 5.08. The van der Waals surface area contributed by atoms with Crippen LogP contribution in [-0.4, -0.2) is 27.9 Å². The molecule has 5 heteroatoms. The average molecular weight is 354 g/mol. The molecule has 1 aliphatic carbocycles. The van der Waals surface area contributed by atoms with Gasteiger partial charge in [-0.1, -0.05) is 37.8 Å². The highest BCUT2D eigenvalue weighted by Crippen LogP contribution is 2.48. The first-order chi connectivity index (χ1) is 12.3. The van der Waals surface area contributed by atoms with Gasteiger partial charge < -0.3 is 13.9 Å². The molecule has 0 radical (unpaired) electrons. The van der Waals surface area contributed by atoms with Crippen LogP contribution in [0.2, 0.25) is 5.82 Å². The normalized spacial score (nSPS) is 28.4. The van der Waals surface area contributed by atoms with E-state index < -0.39 is 0 Å². The molecule has 26 heavy (non-hydrogen) atoms. The highest BCUT2D eigenvalue weighted by molar-refractivity contribution is 6.47. The molecule has 0 amide bonds. The SMILES string of the molecule is Cn1c([C@H]2CCCCC[C@@H]2B2OC(C)(C)C(C)(C)O2)nc2ccccc21. The fraction of sp³-hybridized carbons (Fsp3) is 0.667. The number of para-hydroxylation sites is 2. The number of aryl methyl sites for hydroxylation is 1. The van der Waals surface area contributed by atoms with Gasteiger partial charge in [0.25, 0.3) is 0 Å². The van der Waals surface area contributed by atoms with Crippen LogP contribution >= 0.6 is 0 Å². The maximum atomic E-state index is 6.47. The summed E-state index contributed by atoms with van der Waals surface area (Å²) in [7, 11) is 2.00. The number of imidazole rings is 1. The number of benzene rings is 1. The van der Waals surface area contributed by atoms with E-state index in [9.17, 15) is 0 Å². The molecule has 4 nitrogen and oxygen atoms in total. The second-order valence-electron chi connectivity index (χ2n) is 9.05. The summed E-state index contributed by atoms with van der Waals surface area (Å²) in [4.78, 5) is 5.02. The third-order valence-electron chi connectivity index (χ3n) is 6.84. The number of rotatable bonds is 2. The Labute approximate surface area is 157 Å². The van der Waals surface area contributed by atoms with Crippen molar-refractivity contribution in [3.63, 3.8) is 0 Å². The molecule has 2 atom stereocenters. The Morgan fingerprint density at radius 2 is 1.65 bits per heavy atom. The largest absolute Gasteiger partial charge is 0.461 e. The molecular formula is C21H31BN2O2. The number of fused-ring (bicyclic) bond motifs is 1. The lowest BCUT2D eigenvalue weighted by Crippen LogP contribution is -2.41. The van der Waals surface area contributed by atoms with Crippen LogP contribution in [0.4, 0.5) is 0 Å². The summed E-state index contributed by atoms with van der Waals surface area (Å²) in [5.74, 6) is 1.92. The standard InChI is InChI=1S/C21H31BN2O2/c1-20(2)21(3,4)26-22(25-20)16-12-8-6-7-11-15(16)19-23-17-13-9-10-14-18(17)24(19)5/h9-10,13-16H,6-8,11-12H2,1-5H3/t15-,16-/m0/s1. The first-order valence-electron chi connectivity index (χ1n) is 10.1. The van der Waals surface area contributed by atoms with Gasteiger partial charge in [0, 0.05) is 18.8 Å². The summed E-state index contributed by atoms with van der Waals surface area (Å²) in [6.45, 7) is 8.59. The van der Waals surface area contributed by atoms with E-state index in [1.807, 2.05) is 0 Å². The first kappa shape index (κ1) is 18.1. The van der Waals surface area contributed by atoms with E-state index >= 15 is 0 Å². The van der Waals surface area contributed by atoms with E-state index in [1.54, 1.807) is 0 Å². The Kier molecular flexibility index (Phi) is 4.43. The van der Waals surface area contributed by atoms with Gasteiger partial charge >= 0.3 is 7.12 Å². The third-order valence-corrected chi connectivity index (χ3v) is 6.84. The van der Waals surface area contributed by atoms with E-state index in [2.05, 4.69) is 63.6 Å². The number of hydrogen-bond acceptors (Lipinski definition) is 3. The van der Waals surface area contributed by atoms with Crippen molar-refractivity contribution in [1.82, 2.24) is 9.55 Å². The van der Waals surface area contributed by atoms with Gasteiger partial charge in [-0.05, 0) is 46.2 Å². The van der Waals surface area contributed by atoms with Crippen molar-refractivity contribution >= 4 is 18.2 Å². The molecule has 1 aromatic heterocycles. The van der Waals surface area contributed by atoms with Gasteiger partial charge in [0.05, 0.1) is 22.2 Å². The lowest BCUT2D eigenvalue weighted by atomic mass is 9.62. The minimum absolute atomic E-state index is 0.150. The number of hydrogen-bond donors (Lipinski definition) is 0. The van der Waals surface area contributed by atoms with Crippen LogP contribution in [0, 0.1) is 0 Å². The van der Waals surface area contributed by atoms with Crippen LogP contribution in [-0.2, 0) is 16.4 Å². The van der Waals surface area contributed by atoms with Crippen molar-refractivity contribution in [2.24, 2.45) is 7.05 Å². The van der Waals surface area contributed by atoms with Crippen molar-refractivity contribution in [2.45, 2.75) is 82.7 Å². The highest BCUT2D eigenvalue weighted by Gasteiger charge is 2.55. The van der Waals surface area contributed by atoms with Gasteiger partial charge in [-0.3, -0.25) is 0 Å². The van der Waals surface area contributed by atoms with Gasteiger partial charge in [-0.25, -0.2) is 4.98 Å². The van der Waals surface area contributed by atoms with Crippen LogP contribution in [0.5, 0.6) is 0 Å². The summed E-state index contributed by atoms with van der Waals surface area (Å²) in [5.41, 5.74) is 1.74. The average Bonchev–Trinajstić information content (AvgIpc) is 2.88. The molecule has 0 unspecified atom stereocenters. The molecule has 2 aliphatic rings. The molecule has 0 N–H and O–H groups in total. The first-order valence-corrected chi connectivity index (χ1v) is 10.1. The molecule has 1 aliphatic heterocycles. The minimum Gasteiger partial charge on any atom is -0.403 e. The smallest absolute Gasteiger partial charge is 0.403 e. The fourth-order valence-corrected chi connectivity index (χ4v) is 4.54. The Balaban J connectivity index is 1.71. The maximum absolute atomic E-state index is 6.47. The van der Waals surface area contributed by atoms with E-state index in [0.717, 1.165) is 18.4 Å². The van der Waals surface area contributed by atoms with Crippen molar-refractivity contribution < 1.29 is 9.31 Å². The molecule has 2 fully saturated rings. The molecule has 2 aromatic rings. The van der Waals surface area contributed by atoms with Crippen LogP contribution in [0.25, 0.3) is 11.0 Å². The monoisotopic (exact) mass is 354 g/mol. The minimum atomic E-state index is -0.277. The zero-order chi connectivity index (χ0) is 18.5. The molecule has 4 rings (SSSR count). The van der Waals surface area contributed by atoms with Crippen LogP contribution in [0.3, 0.4) is 0 Å². The van der Waals surface area contributed by atoms with E-state index in [-0.39, 0.29) is 18.3 Å². The second-order valence-corrected chi connectivity index (χ2v) is 9.05. The van der Waals surface area contributed by atoms with Crippen molar-refractivity contribution in [2.75, 3.05) is 0 Å². The number of nitrogens with zero attached hydrogens (tertiary/aromatic N) is 2. The van der Waals surface area contributed by atoms with Crippen LogP contribution < -0.4 is 0 Å². The topological polar surface area (TPSA) is 36.3 Å². The van der Waals surface area contributed by atoms with E-state index in [4.69, 9.17) is 14.3 Å². The molecular weight excluding hydrogens is 323 g/mol. The molecule has 1 saturated carbocycles. The van der Waals surface area contributed by atoms with Gasteiger partial charge in [-0.2, -0.15) is 0 Å². The Morgan fingerprint density at radius 3 is 2.35 bits per heavy atom. The van der Waals surface area contributed by atoms with E-state index in [1.165, 1.54) is 30.6 Å². The van der Waals surface area contributed by atoms with Crippen LogP contribution in [0.1, 0.15) is 71.5 Å². The number of aromatic nitrogens is 2. The lowest BCUT2D eigenvalue weighted by molar-refractivity contribution is 0.00578. The Bertz CT molecular complexity index is 782. The van der Waals surface area contributed by atoms with Crippen molar-refractivity contribution in [1.29, 1.82) is 0 Å². The van der Waals surface area contributed by atoms with Crippen molar-refractivity contribution in [3.8, 4) is 0 Å².